The number of aromatic nitrogens is 4. The van der Waals surface area contributed by atoms with E-state index in [4.69, 9.17) is 0 Å². The van der Waals surface area contributed by atoms with E-state index in [1.807, 2.05) is 31.2 Å². The molecule has 0 unspecified atom stereocenters. The molecular weight excluding hydrogens is 244 g/mol. The molecule has 0 atom stereocenters. The Morgan fingerprint density at radius 2 is 2.00 bits per heavy atom. The van der Waals surface area contributed by atoms with Crippen LogP contribution in [0.5, 0.6) is 0 Å². The number of nitrogens with zero attached hydrogens (tertiary/aromatic N) is 3. The normalized spacial score (nSPS) is 10.8. The fourth-order valence-corrected chi connectivity index (χ4v) is 1.84. The minimum Gasteiger partial charge on any atom is -0.303 e. The molecule has 0 aliphatic carbocycles. The Hall–Kier alpha value is -2.76. The Labute approximate surface area is 107 Å². The zero-order valence-electron chi connectivity index (χ0n) is 10.1. The van der Waals surface area contributed by atoms with Gasteiger partial charge in [-0.05, 0) is 6.92 Å². The molecule has 0 amide bonds. The number of H-pyrrole nitrogens is 1. The van der Waals surface area contributed by atoms with Crippen molar-refractivity contribution in [2.75, 3.05) is 0 Å². The number of rotatable bonds is 2. The highest BCUT2D eigenvalue weighted by Gasteiger charge is 2.10. The van der Waals surface area contributed by atoms with Gasteiger partial charge in [0.2, 0.25) is 0 Å². The summed E-state index contributed by atoms with van der Waals surface area (Å²) in [6, 6.07) is 7.57. The van der Waals surface area contributed by atoms with Crippen molar-refractivity contribution >= 4 is 11.8 Å². The molecule has 3 aromatic rings. The molecule has 0 fully saturated rings. The number of carbonyl (C=O) groups is 1. The van der Waals surface area contributed by atoms with Crippen LogP contribution in [-0.4, -0.2) is 25.9 Å². The average Bonchev–Trinajstić information content (AvgIpc) is 2.83. The van der Waals surface area contributed by atoms with Gasteiger partial charge < -0.3 is 4.98 Å². The molecule has 6 nitrogen and oxygen atoms in total. The van der Waals surface area contributed by atoms with Crippen LogP contribution >= 0.6 is 0 Å². The number of aldehydes is 1. The van der Waals surface area contributed by atoms with Crippen LogP contribution < -0.4 is 5.56 Å². The number of nitrogens with one attached hydrogen (secondary N) is 1. The van der Waals surface area contributed by atoms with Crippen molar-refractivity contribution < 1.29 is 4.79 Å². The third kappa shape index (κ3) is 1.83. The SMILES string of the molecule is Cc1ccc(-c2nn3c(C=O)ncc3c(=O)[nH]2)cc1. The van der Waals surface area contributed by atoms with Gasteiger partial charge in [0.05, 0.1) is 6.20 Å². The van der Waals surface area contributed by atoms with Gasteiger partial charge in [-0.2, -0.15) is 0 Å². The summed E-state index contributed by atoms with van der Waals surface area (Å²) >= 11 is 0. The first-order valence-corrected chi connectivity index (χ1v) is 5.69. The van der Waals surface area contributed by atoms with Crippen molar-refractivity contribution in [1.29, 1.82) is 0 Å². The van der Waals surface area contributed by atoms with Crippen molar-refractivity contribution in [2.24, 2.45) is 0 Å². The van der Waals surface area contributed by atoms with Crippen molar-refractivity contribution in [1.82, 2.24) is 19.6 Å². The summed E-state index contributed by atoms with van der Waals surface area (Å²) in [5.41, 5.74) is 1.81. The van der Waals surface area contributed by atoms with Crippen LogP contribution in [0.25, 0.3) is 16.9 Å². The zero-order chi connectivity index (χ0) is 13.4. The molecule has 1 aromatic carbocycles. The summed E-state index contributed by atoms with van der Waals surface area (Å²) < 4.78 is 1.25. The van der Waals surface area contributed by atoms with Gasteiger partial charge in [0, 0.05) is 5.56 Å². The van der Waals surface area contributed by atoms with Crippen molar-refractivity contribution in [3.05, 3.63) is 52.2 Å². The number of aryl methyl sites for hydroxylation is 1. The van der Waals surface area contributed by atoms with E-state index in [0.717, 1.165) is 11.1 Å². The minimum absolute atomic E-state index is 0.106. The molecule has 2 heterocycles. The number of aromatic amines is 1. The number of fused-ring (bicyclic) bond motifs is 1. The fraction of sp³-hybridized carbons (Fsp3) is 0.0769. The molecule has 6 heteroatoms. The van der Waals surface area contributed by atoms with Crippen LogP contribution in [-0.2, 0) is 0 Å². The third-order valence-corrected chi connectivity index (χ3v) is 2.86. The summed E-state index contributed by atoms with van der Waals surface area (Å²) in [5.74, 6) is 0.507. The standard InChI is InChI=1S/C13H10N4O2/c1-8-2-4-9(5-3-8)12-15-13(19)10-6-14-11(7-18)17(10)16-12/h2-7H,1H3,(H,15,16,19). The number of carbonyl (C=O) groups excluding carboxylic acids is 1. The highest BCUT2D eigenvalue weighted by atomic mass is 16.1. The molecule has 0 radical (unpaired) electrons. The van der Waals surface area contributed by atoms with Gasteiger partial charge in [-0.1, -0.05) is 29.8 Å². The second-order valence-electron chi connectivity index (χ2n) is 4.20. The molecule has 19 heavy (non-hydrogen) atoms. The summed E-state index contributed by atoms with van der Waals surface area (Å²) in [4.78, 5) is 29.3. The molecule has 0 spiro atoms. The minimum atomic E-state index is -0.328. The molecule has 0 saturated carbocycles. The zero-order valence-corrected chi connectivity index (χ0v) is 10.1. The van der Waals surface area contributed by atoms with Gasteiger partial charge in [0.1, 0.15) is 0 Å². The molecule has 94 valence electrons. The molecule has 1 N–H and O–H groups in total. The number of hydrogen-bond acceptors (Lipinski definition) is 4. The molecule has 2 aromatic heterocycles. The van der Waals surface area contributed by atoms with E-state index in [0.29, 0.717) is 12.1 Å². The van der Waals surface area contributed by atoms with Crippen LogP contribution in [0, 0.1) is 6.92 Å². The maximum atomic E-state index is 11.9. The maximum Gasteiger partial charge on any atom is 0.277 e. The number of imidazole rings is 1. The van der Waals surface area contributed by atoms with E-state index >= 15 is 0 Å². The van der Waals surface area contributed by atoms with E-state index in [-0.39, 0.29) is 16.9 Å². The largest absolute Gasteiger partial charge is 0.303 e. The van der Waals surface area contributed by atoms with Gasteiger partial charge in [-0.3, -0.25) is 9.59 Å². The Balaban J connectivity index is 2.27. The summed E-state index contributed by atoms with van der Waals surface area (Å²) in [7, 11) is 0. The average molecular weight is 254 g/mol. The van der Waals surface area contributed by atoms with Crippen LogP contribution in [0.3, 0.4) is 0 Å². The van der Waals surface area contributed by atoms with Crippen LogP contribution in [0.1, 0.15) is 16.2 Å². The third-order valence-electron chi connectivity index (χ3n) is 2.86. The topological polar surface area (TPSA) is 80.1 Å². The van der Waals surface area contributed by atoms with Gasteiger partial charge in [-0.25, -0.2) is 9.50 Å². The monoisotopic (exact) mass is 254 g/mol. The lowest BCUT2D eigenvalue weighted by Gasteiger charge is -2.02. The van der Waals surface area contributed by atoms with E-state index < -0.39 is 0 Å². The molecule has 3 rings (SSSR count). The molecular formula is C13H10N4O2. The Morgan fingerprint density at radius 3 is 2.68 bits per heavy atom. The summed E-state index contributed by atoms with van der Waals surface area (Å²) in [5, 5.41) is 4.23. The number of hydrogen-bond donors (Lipinski definition) is 1. The molecule has 0 saturated heterocycles. The predicted octanol–water partition coefficient (Wildman–Crippen LogP) is 1.21. The molecule has 0 bridgehead atoms. The first-order chi connectivity index (χ1) is 9.19. The Bertz CT molecular complexity index is 815. The van der Waals surface area contributed by atoms with Crippen molar-refractivity contribution in [2.45, 2.75) is 6.92 Å². The van der Waals surface area contributed by atoms with Gasteiger partial charge in [0.15, 0.2) is 23.5 Å². The second-order valence-corrected chi connectivity index (χ2v) is 4.20. The smallest absolute Gasteiger partial charge is 0.277 e. The highest BCUT2D eigenvalue weighted by Crippen LogP contribution is 2.14. The second kappa shape index (κ2) is 4.16. The van der Waals surface area contributed by atoms with E-state index in [1.54, 1.807) is 0 Å². The van der Waals surface area contributed by atoms with Gasteiger partial charge >= 0.3 is 0 Å². The summed E-state index contributed by atoms with van der Waals surface area (Å²) in [6.07, 6.45) is 1.90. The fourth-order valence-electron chi connectivity index (χ4n) is 1.84. The van der Waals surface area contributed by atoms with Crippen LogP contribution in [0.15, 0.2) is 35.3 Å². The number of benzene rings is 1. The Kier molecular flexibility index (Phi) is 2.49. The lowest BCUT2D eigenvalue weighted by Crippen LogP contribution is -2.14. The van der Waals surface area contributed by atoms with Gasteiger partial charge in [0.25, 0.3) is 5.56 Å². The maximum absolute atomic E-state index is 11.9. The van der Waals surface area contributed by atoms with Gasteiger partial charge in [-0.15, -0.1) is 5.10 Å². The molecule has 0 aliphatic heterocycles. The lowest BCUT2D eigenvalue weighted by molar-refractivity contribution is 0.111. The molecule has 0 aliphatic rings. The quantitative estimate of drug-likeness (QED) is 0.697. The van der Waals surface area contributed by atoms with E-state index in [9.17, 15) is 9.59 Å². The lowest BCUT2D eigenvalue weighted by atomic mass is 10.1. The van der Waals surface area contributed by atoms with Crippen molar-refractivity contribution in [3.8, 4) is 11.4 Å². The van der Waals surface area contributed by atoms with E-state index in [2.05, 4.69) is 15.1 Å². The van der Waals surface area contributed by atoms with Crippen molar-refractivity contribution in [3.63, 3.8) is 0 Å². The van der Waals surface area contributed by atoms with Crippen LogP contribution in [0.2, 0.25) is 0 Å². The first-order valence-electron chi connectivity index (χ1n) is 5.69. The summed E-state index contributed by atoms with van der Waals surface area (Å²) in [6.45, 7) is 1.98. The van der Waals surface area contributed by atoms with Crippen LogP contribution in [0.4, 0.5) is 0 Å². The first kappa shape index (κ1) is 11.3. The highest BCUT2D eigenvalue weighted by molar-refractivity contribution is 5.71. The Morgan fingerprint density at radius 1 is 1.26 bits per heavy atom. The predicted molar refractivity (Wildman–Crippen MR) is 69.2 cm³/mol. The van der Waals surface area contributed by atoms with E-state index in [1.165, 1.54) is 10.7 Å².